The minimum absolute atomic E-state index is 0.206. The van der Waals surface area contributed by atoms with Crippen molar-refractivity contribution in [1.82, 2.24) is 4.98 Å². The highest BCUT2D eigenvalue weighted by atomic mass is 16.7. The standard InChI is InChI=1S/C30H32BNO2/c1-21-26(23-14-10-7-11-15-23)19-25(31-33-29(2,3)30(4,5)34-31)20-27(21)28-18-24(16-17-32-28)22-12-8-6-9-13-22/h6-21,26H,1-5H3. The molecule has 2 unspecified atom stereocenters. The first-order valence-corrected chi connectivity index (χ1v) is 12.1. The van der Waals surface area contributed by atoms with Crippen LogP contribution in [0.25, 0.3) is 16.7 Å². The maximum absolute atomic E-state index is 6.44. The van der Waals surface area contributed by atoms with Crippen molar-refractivity contribution in [2.24, 2.45) is 5.92 Å². The second-order valence-corrected chi connectivity index (χ2v) is 10.4. The molecule has 0 radical (unpaired) electrons. The molecular formula is C30H32BNO2. The van der Waals surface area contributed by atoms with Crippen LogP contribution in [-0.4, -0.2) is 23.3 Å². The van der Waals surface area contributed by atoms with Crippen LogP contribution in [0.5, 0.6) is 0 Å². The smallest absolute Gasteiger partial charge is 0.399 e. The molecule has 2 heterocycles. The van der Waals surface area contributed by atoms with Gasteiger partial charge in [0.1, 0.15) is 0 Å². The van der Waals surface area contributed by atoms with E-state index >= 15 is 0 Å². The third kappa shape index (κ3) is 4.17. The van der Waals surface area contributed by atoms with Crippen molar-refractivity contribution in [3.05, 3.63) is 108 Å². The number of benzene rings is 2. The number of allylic oxidation sites excluding steroid dienone is 4. The summed E-state index contributed by atoms with van der Waals surface area (Å²) in [5.41, 5.74) is 6.14. The molecule has 0 spiro atoms. The molecule has 5 rings (SSSR count). The van der Waals surface area contributed by atoms with Gasteiger partial charge in [-0.25, -0.2) is 0 Å². The molecule has 0 saturated carbocycles. The number of hydrogen-bond acceptors (Lipinski definition) is 3. The lowest BCUT2D eigenvalue weighted by Crippen LogP contribution is -2.41. The third-order valence-electron chi connectivity index (χ3n) is 7.60. The Kier molecular flexibility index (Phi) is 5.83. The van der Waals surface area contributed by atoms with Crippen LogP contribution in [0.2, 0.25) is 0 Å². The van der Waals surface area contributed by atoms with E-state index in [1.54, 1.807) is 0 Å². The van der Waals surface area contributed by atoms with E-state index in [9.17, 15) is 0 Å². The van der Waals surface area contributed by atoms with Crippen LogP contribution in [0.4, 0.5) is 0 Å². The molecule has 4 heteroatoms. The molecule has 0 bridgehead atoms. The average Bonchev–Trinajstić information content (AvgIpc) is 3.07. The van der Waals surface area contributed by atoms with Gasteiger partial charge in [-0.3, -0.25) is 4.98 Å². The van der Waals surface area contributed by atoms with Crippen molar-refractivity contribution in [2.75, 3.05) is 0 Å². The van der Waals surface area contributed by atoms with Crippen LogP contribution in [0.1, 0.15) is 51.8 Å². The summed E-state index contributed by atoms with van der Waals surface area (Å²) in [6.07, 6.45) is 6.48. The predicted octanol–water partition coefficient (Wildman–Crippen LogP) is 7.12. The summed E-state index contributed by atoms with van der Waals surface area (Å²) >= 11 is 0. The fourth-order valence-corrected chi connectivity index (χ4v) is 4.80. The average molecular weight is 449 g/mol. The van der Waals surface area contributed by atoms with Crippen molar-refractivity contribution in [3.8, 4) is 11.1 Å². The van der Waals surface area contributed by atoms with Crippen LogP contribution < -0.4 is 0 Å². The molecular weight excluding hydrogens is 417 g/mol. The van der Waals surface area contributed by atoms with Gasteiger partial charge in [0.2, 0.25) is 0 Å². The van der Waals surface area contributed by atoms with Gasteiger partial charge in [0.25, 0.3) is 0 Å². The van der Waals surface area contributed by atoms with E-state index in [1.807, 2.05) is 12.3 Å². The number of aromatic nitrogens is 1. The van der Waals surface area contributed by atoms with Gasteiger partial charge in [0.05, 0.1) is 16.9 Å². The highest BCUT2D eigenvalue weighted by molar-refractivity contribution is 6.56. The Balaban J connectivity index is 1.58. The van der Waals surface area contributed by atoms with Crippen LogP contribution in [-0.2, 0) is 9.31 Å². The minimum atomic E-state index is -0.406. The molecule has 2 aliphatic rings. The summed E-state index contributed by atoms with van der Waals surface area (Å²) in [6, 6.07) is 25.4. The molecule has 0 N–H and O–H groups in total. The molecule has 3 nitrogen and oxygen atoms in total. The number of nitrogens with zero attached hydrogens (tertiary/aromatic N) is 1. The molecule has 2 atom stereocenters. The lowest BCUT2D eigenvalue weighted by Gasteiger charge is -2.32. The summed E-state index contributed by atoms with van der Waals surface area (Å²) in [7, 11) is -0.406. The van der Waals surface area contributed by atoms with Crippen LogP contribution in [0.3, 0.4) is 0 Å². The lowest BCUT2D eigenvalue weighted by molar-refractivity contribution is 0.00578. The molecule has 172 valence electrons. The highest BCUT2D eigenvalue weighted by Gasteiger charge is 2.52. The fourth-order valence-electron chi connectivity index (χ4n) is 4.80. The quantitative estimate of drug-likeness (QED) is 0.397. The summed E-state index contributed by atoms with van der Waals surface area (Å²) in [5.74, 6) is 0.463. The molecule has 1 aromatic heterocycles. The summed E-state index contributed by atoms with van der Waals surface area (Å²) < 4.78 is 12.9. The van der Waals surface area contributed by atoms with E-state index in [1.165, 1.54) is 22.3 Å². The highest BCUT2D eigenvalue weighted by Crippen LogP contribution is 2.45. The van der Waals surface area contributed by atoms with Gasteiger partial charge < -0.3 is 9.31 Å². The fraction of sp³-hybridized carbons (Fsp3) is 0.300. The largest absolute Gasteiger partial charge is 0.494 e. The molecule has 1 fully saturated rings. The van der Waals surface area contributed by atoms with Gasteiger partial charge in [0, 0.05) is 12.1 Å². The van der Waals surface area contributed by atoms with Gasteiger partial charge in [-0.05, 0) is 73.5 Å². The van der Waals surface area contributed by atoms with E-state index in [0.29, 0.717) is 0 Å². The Morgan fingerprint density at radius 1 is 0.794 bits per heavy atom. The van der Waals surface area contributed by atoms with E-state index in [2.05, 4.69) is 114 Å². The topological polar surface area (TPSA) is 31.4 Å². The van der Waals surface area contributed by atoms with Crippen LogP contribution in [0, 0.1) is 5.92 Å². The monoisotopic (exact) mass is 449 g/mol. The van der Waals surface area contributed by atoms with Crippen molar-refractivity contribution in [3.63, 3.8) is 0 Å². The van der Waals surface area contributed by atoms with Gasteiger partial charge in [-0.15, -0.1) is 0 Å². The molecule has 3 aromatic rings. The number of rotatable bonds is 4. The zero-order chi connectivity index (χ0) is 23.9. The first kappa shape index (κ1) is 22.8. The normalized spacial score (nSPS) is 23.4. The number of pyridine rings is 1. The summed E-state index contributed by atoms with van der Waals surface area (Å²) in [6.45, 7) is 10.7. The maximum Gasteiger partial charge on any atom is 0.494 e. The lowest BCUT2D eigenvalue weighted by atomic mass is 9.67. The molecule has 0 amide bonds. The zero-order valence-electron chi connectivity index (χ0n) is 20.7. The van der Waals surface area contributed by atoms with Gasteiger partial charge in [-0.2, -0.15) is 0 Å². The molecule has 2 aromatic carbocycles. The molecule has 1 aliphatic carbocycles. The third-order valence-corrected chi connectivity index (χ3v) is 7.60. The van der Waals surface area contributed by atoms with E-state index in [0.717, 1.165) is 11.2 Å². The second kappa shape index (κ2) is 8.68. The molecule has 34 heavy (non-hydrogen) atoms. The van der Waals surface area contributed by atoms with Crippen molar-refractivity contribution >= 4 is 12.7 Å². The van der Waals surface area contributed by atoms with Gasteiger partial charge in [0.15, 0.2) is 0 Å². The predicted molar refractivity (Wildman–Crippen MR) is 140 cm³/mol. The summed E-state index contributed by atoms with van der Waals surface area (Å²) in [4.78, 5) is 4.81. The second-order valence-electron chi connectivity index (χ2n) is 10.4. The van der Waals surface area contributed by atoms with Crippen LogP contribution in [0.15, 0.2) is 96.6 Å². The van der Waals surface area contributed by atoms with E-state index in [4.69, 9.17) is 14.3 Å². The van der Waals surface area contributed by atoms with E-state index < -0.39 is 7.12 Å². The van der Waals surface area contributed by atoms with Crippen LogP contribution >= 0.6 is 0 Å². The first-order chi connectivity index (χ1) is 16.2. The summed E-state index contributed by atoms with van der Waals surface area (Å²) in [5, 5.41) is 0. The van der Waals surface area contributed by atoms with Crippen molar-refractivity contribution < 1.29 is 9.31 Å². The van der Waals surface area contributed by atoms with Gasteiger partial charge in [-0.1, -0.05) is 79.7 Å². The maximum atomic E-state index is 6.44. The molecule has 1 aliphatic heterocycles. The Labute approximate surface area is 203 Å². The molecule has 1 saturated heterocycles. The Morgan fingerprint density at radius 3 is 2.06 bits per heavy atom. The zero-order valence-corrected chi connectivity index (χ0v) is 20.7. The Hall–Kier alpha value is -2.95. The Morgan fingerprint density at radius 2 is 1.41 bits per heavy atom. The minimum Gasteiger partial charge on any atom is -0.399 e. The SMILES string of the molecule is CC1C(c2cc(-c3ccccc3)ccn2)=CC(B2OC(C)(C)C(C)(C)O2)=CC1c1ccccc1. The Bertz CT molecular complexity index is 1210. The van der Waals surface area contributed by atoms with Crippen molar-refractivity contribution in [1.29, 1.82) is 0 Å². The van der Waals surface area contributed by atoms with Crippen molar-refractivity contribution in [2.45, 2.75) is 51.7 Å². The number of hydrogen-bond donors (Lipinski definition) is 0. The van der Waals surface area contributed by atoms with Gasteiger partial charge >= 0.3 is 7.12 Å². The first-order valence-electron chi connectivity index (χ1n) is 12.1. The van der Waals surface area contributed by atoms with E-state index in [-0.39, 0.29) is 23.0 Å².